The van der Waals surface area contributed by atoms with Crippen molar-refractivity contribution in [1.29, 1.82) is 0 Å². The van der Waals surface area contributed by atoms with E-state index in [1.807, 2.05) is 37.3 Å². The minimum atomic E-state index is -3.62. The van der Waals surface area contributed by atoms with Crippen molar-refractivity contribution in [2.75, 3.05) is 13.2 Å². The van der Waals surface area contributed by atoms with Crippen molar-refractivity contribution in [3.05, 3.63) is 83.6 Å². The van der Waals surface area contributed by atoms with Crippen molar-refractivity contribution >= 4 is 21.9 Å². The van der Waals surface area contributed by atoms with Crippen molar-refractivity contribution in [2.45, 2.75) is 56.5 Å². The van der Waals surface area contributed by atoms with Crippen LogP contribution in [0, 0.1) is 6.92 Å². The number of aryl methyl sites for hydroxylation is 1. The van der Waals surface area contributed by atoms with Crippen LogP contribution >= 0.6 is 0 Å². The van der Waals surface area contributed by atoms with Crippen molar-refractivity contribution < 1.29 is 27.2 Å². The lowest BCUT2D eigenvalue weighted by Gasteiger charge is -2.16. The van der Waals surface area contributed by atoms with E-state index in [1.165, 1.54) is 6.26 Å². The number of unbranched alkanes of at least 4 members (excludes halogenated alkanes) is 1. The molecule has 4 N–H and O–H groups in total. The molecule has 1 heterocycles. The van der Waals surface area contributed by atoms with Gasteiger partial charge in [-0.1, -0.05) is 48.0 Å². The van der Waals surface area contributed by atoms with Crippen molar-refractivity contribution in [3.8, 4) is 0 Å². The molecular formula is C27H34N4O6S. The molecule has 1 aromatic heterocycles. The molecule has 0 saturated heterocycles. The van der Waals surface area contributed by atoms with Crippen LogP contribution in [-0.4, -0.2) is 44.5 Å². The summed E-state index contributed by atoms with van der Waals surface area (Å²) in [5.41, 5.74) is 8.16. The molecular weight excluding hydrogens is 508 g/mol. The Labute approximate surface area is 223 Å². The number of carbonyl (C=O) groups excluding carboxylic acids is 2. The summed E-state index contributed by atoms with van der Waals surface area (Å²) in [5.74, 6) is -0.955. The number of carbonyl (C=O) groups is 2. The zero-order valence-corrected chi connectivity index (χ0v) is 22.4. The number of sulfonamides is 1. The molecule has 0 aliphatic rings. The highest BCUT2D eigenvalue weighted by Gasteiger charge is 2.25. The maximum Gasteiger partial charge on any atom is 0.328 e. The third-order valence-electron chi connectivity index (χ3n) is 5.79. The summed E-state index contributed by atoms with van der Waals surface area (Å²) in [5, 5.41) is 2.64. The number of esters is 1. The maximum atomic E-state index is 12.8. The fourth-order valence-electron chi connectivity index (χ4n) is 3.72. The van der Waals surface area contributed by atoms with Crippen LogP contribution in [0.1, 0.15) is 59.7 Å². The van der Waals surface area contributed by atoms with Gasteiger partial charge in [0.25, 0.3) is 5.91 Å². The molecule has 3 aromatic rings. The van der Waals surface area contributed by atoms with Gasteiger partial charge in [-0.15, -0.1) is 0 Å². The Balaban J connectivity index is 1.52. The molecule has 0 aliphatic carbocycles. The molecule has 1 amide bonds. The Hall–Kier alpha value is -3.54. The zero-order valence-electron chi connectivity index (χ0n) is 21.6. The summed E-state index contributed by atoms with van der Waals surface area (Å²) in [6, 6.07) is 14.7. The number of rotatable bonds is 14. The quantitative estimate of drug-likeness (QED) is 0.207. The fraction of sp³-hybridized carbons (Fsp3) is 0.370. The van der Waals surface area contributed by atoms with Gasteiger partial charge in [0.05, 0.1) is 17.5 Å². The number of ether oxygens (including phenoxy) is 1. The third kappa shape index (κ3) is 8.51. The summed E-state index contributed by atoms with van der Waals surface area (Å²) in [6.07, 6.45) is 2.87. The molecule has 2 atom stereocenters. The van der Waals surface area contributed by atoms with Gasteiger partial charge < -0.3 is 20.2 Å². The van der Waals surface area contributed by atoms with Gasteiger partial charge in [-0.2, -0.15) is 0 Å². The minimum absolute atomic E-state index is 0.00340. The van der Waals surface area contributed by atoms with Gasteiger partial charge in [0, 0.05) is 6.54 Å². The zero-order chi connectivity index (χ0) is 27.5. The topological polar surface area (TPSA) is 154 Å². The molecule has 0 spiro atoms. The summed E-state index contributed by atoms with van der Waals surface area (Å²) < 4.78 is 37.9. The first-order valence-corrected chi connectivity index (χ1v) is 14.0. The highest BCUT2D eigenvalue weighted by atomic mass is 32.2. The van der Waals surface area contributed by atoms with E-state index in [-0.39, 0.29) is 36.1 Å². The number of benzene rings is 2. The number of nitrogens with zero attached hydrogens (tertiary/aromatic N) is 1. The van der Waals surface area contributed by atoms with Crippen LogP contribution in [-0.2, 0) is 26.0 Å². The monoisotopic (exact) mass is 542 g/mol. The van der Waals surface area contributed by atoms with E-state index in [9.17, 15) is 18.0 Å². The smallest absolute Gasteiger partial charge is 0.328 e. The highest BCUT2D eigenvalue weighted by molar-refractivity contribution is 7.89. The molecule has 10 nitrogen and oxygen atoms in total. The first-order valence-electron chi connectivity index (χ1n) is 12.5. The molecule has 0 bridgehead atoms. The second-order valence-corrected chi connectivity index (χ2v) is 10.6. The van der Waals surface area contributed by atoms with Gasteiger partial charge in [0.1, 0.15) is 12.3 Å². The molecule has 38 heavy (non-hydrogen) atoms. The molecule has 0 radical (unpaired) electrons. The summed E-state index contributed by atoms with van der Waals surface area (Å²) in [6.45, 7) is 3.90. The second kappa shape index (κ2) is 13.8. The standard InChI is InChI=1S/C27H34N4O6S/c1-3-36-27(33)23(11-7-8-16-29-38(34,35)21-14-12-19(2)13-15-21)30-25(32)24-18-37-26(31-24)22(28)17-20-9-5-4-6-10-20/h4-6,9-10,12-15,18,22-23,29H,3,7-8,11,16-17,28H2,1-2H3,(H,30,32). The van der Waals surface area contributed by atoms with Crippen LogP contribution < -0.4 is 15.8 Å². The summed E-state index contributed by atoms with van der Waals surface area (Å²) >= 11 is 0. The normalized spacial score (nSPS) is 13.0. The van der Waals surface area contributed by atoms with E-state index in [0.29, 0.717) is 19.3 Å². The Bertz CT molecular complexity index is 1290. The van der Waals surface area contributed by atoms with Crippen LogP contribution in [0.25, 0.3) is 0 Å². The fourth-order valence-corrected chi connectivity index (χ4v) is 4.80. The van der Waals surface area contributed by atoms with E-state index < -0.39 is 34.0 Å². The van der Waals surface area contributed by atoms with Crippen LogP contribution in [0.2, 0.25) is 0 Å². The number of nitrogens with one attached hydrogen (secondary N) is 2. The largest absolute Gasteiger partial charge is 0.464 e. The van der Waals surface area contributed by atoms with Gasteiger partial charge in [-0.25, -0.2) is 22.9 Å². The van der Waals surface area contributed by atoms with Gasteiger partial charge in [0.2, 0.25) is 15.9 Å². The van der Waals surface area contributed by atoms with Gasteiger partial charge in [-0.05, 0) is 57.2 Å². The number of hydrogen-bond donors (Lipinski definition) is 3. The summed E-state index contributed by atoms with van der Waals surface area (Å²) in [4.78, 5) is 29.6. The van der Waals surface area contributed by atoms with Crippen LogP contribution in [0.15, 0.2) is 70.2 Å². The highest BCUT2D eigenvalue weighted by Crippen LogP contribution is 2.16. The Kier molecular flexibility index (Phi) is 10.6. The average Bonchev–Trinajstić information content (AvgIpc) is 3.39. The Morgan fingerprint density at radius 2 is 1.79 bits per heavy atom. The third-order valence-corrected chi connectivity index (χ3v) is 7.27. The first kappa shape index (κ1) is 29.0. The molecule has 204 valence electrons. The van der Waals surface area contributed by atoms with Crippen LogP contribution in [0.4, 0.5) is 0 Å². The molecule has 3 rings (SSSR count). The number of aromatic nitrogens is 1. The Morgan fingerprint density at radius 3 is 2.47 bits per heavy atom. The predicted molar refractivity (Wildman–Crippen MR) is 142 cm³/mol. The molecule has 0 fully saturated rings. The number of oxazole rings is 1. The lowest BCUT2D eigenvalue weighted by molar-refractivity contribution is -0.145. The molecule has 0 aliphatic heterocycles. The van der Waals surface area contributed by atoms with E-state index in [2.05, 4.69) is 15.0 Å². The van der Waals surface area contributed by atoms with E-state index >= 15 is 0 Å². The number of nitrogens with two attached hydrogens (primary N) is 1. The second-order valence-electron chi connectivity index (χ2n) is 8.85. The van der Waals surface area contributed by atoms with Gasteiger partial charge in [-0.3, -0.25) is 4.79 Å². The van der Waals surface area contributed by atoms with E-state index in [4.69, 9.17) is 14.9 Å². The lowest BCUT2D eigenvalue weighted by atomic mass is 10.1. The first-order chi connectivity index (χ1) is 18.2. The lowest BCUT2D eigenvalue weighted by Crippen LogP contribution is -2.42. The van der Waals surface area contributed by atoms with Crippen LogP contribution in [0.3, 0.4) is 0 Å². The Morgan fingerprint density at radius 1 is 1.08 bits per heavy atom. The SMILES string of the molecule is CCOC(=O)C(CCCCNS(=O)(=O)c1ccc(C)cc1)NC(=O)c1coc(C(N)Cc2ccccc2)n1. The van der Waals surface area contributed by atoms with Crippen molar-refractivity contribution in [2.24, 2.45) is 5.73 Å². The number of amides is 1. The van der Waals surface area contributed by atoms with Crippen molar-refractivity contribution in [3.63, 3.8) is 0 Å². The molecule has 11 heteroatoms. The van der Waals surface area contributed by atoms with Crippen LogP contribution in [0.5, 0.6) is 0 Å². The van der Waals surface area contributed by atoms with Gasteiger partial charge >= 0.3 is 5.97 Å². The summed E-state index contributed by atoms with van der Waals surface area (Å²) in [7, 11) is -3.62. The number of hydrogen-bond acceptors (Lipinski definition) is 8. The van der Waals surface area contributed by atoms with E-state index in [1.54, 1.807) is 31.2 Å². The van der Waals surface area contributed by atoms with E-state index in [0.717, 1.165) is 11.1 Å². The molecule has 0 saturated carbocycles. The molecule has 2 unspecified atom stereocenters. The average molecular weight is 543 g/mol. The van der Waals surface area contributed by atoms with Crippen molar-refractivity contribution in [1.82, 2.24) is 15.0 Å². The predicted octanol–water partition coefficient (Wildman–Crippen LogP) is 3.04. The minimum Gasteiger partial charge on any atom is -0.464 e. The maximum absolute atomic E-state index is 12.8. The molecule has 2 aromatic carbocycles. The van der Waals surface area contributed by atoms with Gasteiger partial charge in [0.15, 0.2) is 5.69 Å².